The van der Waals surface area contributed by atoms with Gasteiger partial charge in [-0.2, -0.15) is 13.2 Å². The highest BCUT2D eigenvalue weighted by Crippen LogP contribution is 2.45. The van der Waals surface area contributed by atoms with Crippen molar-refractivity contribution in [1.29, 1.82) is 0 Å². The minimum absolute atomic E-state index is 0.0189. The van der Waals surface area contributed by atoms with Crippen molar-refractivity contribution in [2.45, 2.75) is 32.0 Å². The highest BCUT2D eigenvalue weighted by Gasteiger charge is 2.56. The zero-order valence-corrected chi connectivity index (χ0v) is 12.1. The maximum absolute atomic E-state index is 13.0. The van der Waals surface area contributed by atoms with Gasteiger partial charge >= 0.3 is 12.1 Å². The van der Waals surface area contributed by atoms with E-state index in [2.05, 4.69) is 0 Å². The van der Waals surface area contributed by atoms with Crippen LogP contribution in [0.2, 0.25) is 0 Å². The molecule has 0 aromatic heterocycles. The molecule has 22 heavy (non-hydrogen) atoms. The number of aromatic carboxylic acids is 1. The first-order valence-electron chi connectivity index (χ1n) is 6.77. The van der Waals surface area contributed by atoms with Crippen LogP contribution in [0, 0.1) is 5.92 Å². The van der Waals surface area contributed by atoms with Crippen molar-refractivity contribution in [3.05, 3.63) is 35.4 Å². The van der Waals surface area contributed by atoms with E-state index in [4.69, 9.17) is 5.11 Å². The second-order valence-corrected chi connectivity index (χ2v) is 5.88. The second kappa shape index (κ2) is 5.30. The van der Waals surface area contributed by atoms with Gasteiger partial charge < -0.3 is 10.0 Å². The van der Waals surface area contributed by atoms with E-state index < -0.39 is 29.5 Å². The Morgan fingerprint density at radius 3 is 2.09 bits per heavy atom. The first-order valence-corrected chi connectivity index (χ1v) is 6.77. The van der Waals surface area contributed by atoms with Crippen molar-refractivity contribution in [2.75, 3.05) is 6.54 Å². The number of carboxylic acid groups (broad SMARTS) is 1. The summed E-state index contributed by atoms with van der Waals surface area (Å²) in [6.45, 7) is 2.83. The third-order valence-electron chi connectivity index (χ3n) is 4.21. The van der Waals surface area contributed by atoms with Crippen molar-refractivity contribution in [2.24, 2.45) is 5.92 Å². The molecule has 4 nitrogen and oxygen atoms in total. The molecule has 1 heterocycles. The summed E-state index contributed by atoms with van der Waals surface area (Å²) in [6, 6.07) is 5.17. The van der Waals surface area contributed by atoms with Gasteiger partial charge in [0.15, 0.2) is 0 Å². The molecule has 0 radical (unpaired) electrons. The summed E-state index contributed by atoms with van der Waals surface area (Å²) in [5, 5.41) is 8.81. The Kier molecular flexibility index (Phi) is 3.93. The number of likely N-dealkylation sites (tertiary alicyclic amines) is 1. The SMILES string of the molecule is CC1(C)[C@H](C(F)(F)F)CCN1C(=O)c1ccc(C(=O)O)cc1. The molecule has 0 unspecified atom stereocenters. The van der Waals surface area contributed by atoms with E-state index in [9.17, 15) is 22.8 Å². The minimum Gasteiger partial charge on any atom is -0.478 e. The lowest BCUT2D eigenvalue weighted by Crippen LogP contribution is -2.49. The van der Waals surface area contributed by atoms with E-state index in [0.29, 0.717) is 0 Å². The number of hydrogen-bond acceptors (Lipinski definition) is 2. The Labute approximate surface area is 125 Å². The summed E-state index contributed by atoms with van der Waals surface area (Å²) < 4.78 is 39.1. The van der Waals surface area contributed by atoms with Crippen LogP contribution in [0.5, 0.6) is 0 Å². The molecule has 0 bridgehead atoms. The fourth-order valence-corrected chi connectivity index (χ4v) is 2.93. The molecule has 1 saturated heterocycles. The average molecular weight is 315 g/mol. The number of hydrogen-bond donors (Lipinski definition) is 1. The predicted molar refractivity (Wildman–Crippen MR) is 72.7 cm³/mol. The van der Waals surface area contributed by atoms with Gasteiger partial charge in [0, 0.05) is 17.6 Å². The van der Waals surface area contributed by atoms with Crippen LogP contribution in [0.15, 0.2) is 24.3 Å². The highest BCUT2D eigenvalue weighted by atomic mass is 19.4. The van der Waals surface area contributed by atoms with Crippen LogP contribution in [0.4, 0.5) is 13.2 Å². The average Bonchev–Trinajstić information content (AvgIpc) is 2.73. The standard InChI is InChI=1S/C15H16F3NO3/c1-14(2)11(15(16,17)18)7-8-19(14)12(20)9-3-5-10(6-4-9)13(21)22/h3-6,11H,7-8H2,1-2H3,(H,21,22)/t11-/m1/s1. The molecule has 0 saturated carbocycles. The van der Waals surface area contributed by atoms with Crippen molar-refractivity contribution in [3.8, 4) is 0 Å². The first kappa shape index (κ1) is 16.3. The zero-order chi connectivity index (χ0) is 16.7. The summed E-state index contributed by atoms with van der Waals surface area (Å²) in [5.41, 5.74) is -1.13. The van der Waals surface area contributed by atoms with Crippen LogP contribution in [0.3, 0.4) is 0 Å². The summed E-state index contributed by atoms with van der Waals surface area (Å²) >= 11 is 0. The van der Waals surface area contributed by atoms with Gasteiger partial charge in [-0.1, -0.05) is 0 Å². The molecule has 1 aromatic carbocycles. The monoisotopic (exact) mass is 315 g/mol. The van der Waals surface area contributed by atoms with Gasteiger partial charge in [-0.15, -0.1) is 0 Å². The van der Waals surface area contributed by atoms with E-state index in [-0.39, 0.29) is 24.1 Å². The maximum atomic E-state index is 13.0. The van der Waals surface area contributed by atoms with Crippen LogP contribution < -0.4 is 0 Å². The van der Waals surface area contributed by atoms with E-state index in [1.165, 1.54) is 43.0 Å². The summed E-state index contributed by atoms with van der Waals surface area (Å²) in [4.78, 5) is 24.4. The van der Waals surface area contributed by atoms with Gasteiger partial charge in [-0.3, -0.25) is 4.79 Å². The Bertz CT molecular complexity index is 593. The largest absolute Gasteiger partial charge is 0.478 e. The number of carbonyl (C=O) groups is 2. The van der Waals surface area contributed by atoms with Crippen LogP contribution in [0.1, 0.15) is 41.0 Å². The minimum atomic E-state index is -4.36. The Morgan fingerprint density at radius 2 is 1.68 bits per heavy atom. The van der Waals surface area contributed by atoms with Crippen LogP contribution in [-0.4, -0.2) is 40.1 Å². The van der Waals surface area contributed by atoms with Crippen molar-refractivity contribution in [3.63, 3.8) is 0 Å². The molecule has 7 heteroatoms. The van der Waals surface area contributed by atoms with E-state index in [0.717, 1.165) is 0 Å². The highest BCUT2D eigenvalue weighted by molar-refractivity contribution is 5.96. The second-order valence-electron chi connectivity index (χ2n) is 5.88. The normalized spacial score (nSPS) is 21.0. The Morgan fingerprint density at radius 1 is 1.18 bits per heavy atom. The summed E-state index contributed by atoms with van der Waals surface area (Å²) in [5.74, 6) is -3.21. The number of benzene rings is 1. The molecule has 2 rings (SSSR count). The Balaban J connectivity index is 2.25. The van der Waals surface area contributed by atoms with Gasteiger partial charge in [-0.05, 0) is 44.5 Å². The lowest BCUT2D eigenvalue weighted by atomic mass is 9.87. The number of halogens is 3. The van der Waals surface area contributed by atoms with Crippen molar-refractivity contribution >= 4 is 11.9 Å². The van der Waals surface area contributed by atoms with E-state index in [1.807, 2.05) is 0 Å². The number of alkyl halides is 3. The summed E-state index contributed by atoms with van der Waals surface area (Å²) in [7, 11) is 0. The lowest BCUT2D eigenvalue weighted by molar-refractivity contribution is -0.189. The van der Waals surface area contributed by atoms with E-state index in [1.54, 1.807) is 0 Å². The van der Waals surface area contributed by atoms with Gasteiger partial charge in [0.1, 0.15) is 0 Å². The number of rotatable bonds is 2. The molecule has 1 amide bonds. The first-order chi connectivity index (χ1) is 10.0. The molecule has 1 N–H and O–H groups in total. The molecule has 0 aliphatic carbocycles. The van der Waals surface area contributed by atoms with Gasteiger partial charge in [0.05, 0.1) is 11.5 Å². The molecule has 1 aliphatic rings. The lowest BCUT2D eigenvalue weighted by Gasteiger charge is -2.36. The molecule has 1 aromatic rings. The topological polar surface area (TPSA) is 57.6 Å². The smallest absolute Gasteiger partial charge is 0.394 e. The molecule has 120 valence electrons. The van der Waals surface area contributed by atoms with Crippen molar-refractivity contribution < 1.29 is 27.9 Å². The molecular weight excluding hydrogens is 299 g/mol. The van der Waals surface area contributed by atoms with E-state index >= 15 is 0 Å². The molecule has 0 spiro atoms. The quantitative estimate of drug-likeness (QED) is 0.912. The van der Waals surface area contributed by atoms with Gasteiger partial charge in [0.2, 0.25) is 0 Å². The molecular formula is C15H16F3NO3. The summed E-state index contributed by atoms with van der Waals surface area (Å²) in [6.07, 6.45) is -4.48. The number of carbonyl (C=O) groups excluding carboxylic acids is 1. The fourth-order valence-electron chi connectivity index (χ4n) is 2.93. The molecule has 1 aliphatic heterocycles. The van der Waals surface area contributed by atoms with Crippen LogP contribution >= 0.6 is 0 Å². The van der Waals surface area contributed by atoms with Crippen LogP contribution in [0.25, 0.3) is 0 Å². The third-order valence-corrected chi connectivity index (χ3v) is 4.21. The Hall–Kier alpha value is -2.05. The number of amides is 1. The van der Waals surface area contributed by atoms with Gasteiger partial charge in [-0.25, -0.2) is 4.79 Å². The number of carboxylic acids is 1. The van der Waals surface area contributed by atoms with Crippen LogP contribution in [-0.2, 0) is 0 Å². The predicted octanol–water partition coefficient (Wildman–Crippen LogP) is 3.19. The van der Waals surface area contributed by atoms with Gasteiger partial charge in [0.25, 0.3) is 5.91 Å². The fraction of sp³-hybridized carbons (Fsp3) is 0.467. The number of nitrogens with zero attached hydrogens (tertiary/aromatic N) is 1. The molecule has 1 fully saturated rings. The zero-order valence-electron chi connectivity index (χ0n) is 12.1. The van der Waals surface area contributed by atoms with Crippen molar-refractivity contribution in [1.82, 2.24) is 4.90 Å². The molecule has 1 atom stereocenters. The third kappa shape index (κ3) is 2.80. The maximum Gasteiger partial charge on any atom is 0.394 e.